The lowest BCUT2D eigenvalue weighted by Crippen LogP contribution is -2.29. The number of nitrogens with zero attached hydrogens (tertiary/aromatic N) is 1. The van der Waals surface area contributed by atoms with Crippen molar-refractivity contribution in [2.24, 2.45) is 0 Å². The number of hydrogen-bond acceptors (Lipinski definition) is 4. The first-order valence-electron chi connectivity index (χ1n) is 10.0. The number of hydrogen-bond donors (Lipinski definition) is 1. The minimum atomic E-state index is -0.419. The molecule has 0 fully saturated rings. The summed E-state index contributed by atoms with van der Waals surface area (Å²) in [5, 5.41) is 10.8. The summed E-state index contributed by atoms with van der Waals surface area (Å²) in [5.41, 5.74) is 3.53. The Hall–Kier alpha value is -3.47. The van der Waals surface area contributed by atoms with Gasteiger partial charge in [-0.25, -0.2) is 0 Å². The second kappa shape index (κ2) is 8.11. The monoisotopic (exact) mass is 403 g/mol. The second-order valence-corrected chi connectivity index (χ2v) is 7.73. The number of furan rings is 1. The van der Waals surface area contributed by atoms with Crippen LogP contribution in [-0.4, -0.2) is 23.0 Å². The normalized spacial score (nSPS) is 16.6. The summed E-state index contributed by atoms with van der Waals surface area (Å²) in [4.78, 5) is 14.7. The van der Waals surface area contributed by atoms with E-state index in [0.717, 1.165) is 11.1 Å². The molecule has 0 saturated heterocycles. The summed E-state index contributed by atoms with van der Waals surface area (Å²) >= 11 is 0. The molecule has 0 saturated carbocycles. The first-order chi connectivity index (χ1) is 14.5. The Morgan fingerprint density at radius 3 is 2.33 bits per heavy atom. The van der Waals surface area contributed by atoms with Crippen LogP contribution in [0.2, 0.25) is 0 Å². The van der Waals surface area contributed by atoms with Crippen molar-refractivity contribution in [3.63, 3.8) is 0 Å². The van der Waals surface area contributed by atoms with E-state index in [4.69, 9.17) is 9.15 Å². The molecule has 5 heteroatoms. The molecule has 1 atom stereocenters. The number of rotatable bonds is 6. The van der Waals surface area contributed by atoms with Crippen LogP contribution in [0.1, 0.15) is 48.3 Å². The molecule has 1 aliphatic heterocycles. The van der Waals surface area contributed by atoms with E-state index in [-0.39, 0.29) is 12.3 Å². The lowest BCUT2D eigenvalue weighted by atomic mass is 9.91. The van der Waals surface area contributed by atoms with Gasteiger partial charge in [0.1, 0.15) is 11.5 Å². The fourth-order valence-corrected chi connectivity index (χ4v) is 3.86. The van der Waals surface area contributed by atoms with Crippen molar-refractivity contribution in [1.82, 2.24) is 4.90 Å². The number of amides is 1. The van der Waals surface area contributed by atoms with Crippen molar-refractivity contribution in [2.45, 2.75) is 32.4 Å². The molecule has 2 aromatic carbocycles. The molecule has 1 aliphatic rings. The number of aliphatic hydroxyl groups is 1. The van der Waals surface area contributed by atoms with Gasteiger partial charge in [0.25, 0.3) is 5.91 Å². The molecular weight excluding hydrogens is 378 g/mol. The summed E-state index contributed by atoms with van der Waals surface area (Å²) in [6.45, 7) is 4.56. The highest BCUT2D eigenvalue weighted by molar-refractivity contribution is 6.05. The Labute approximate surface area is 176 Å². The number of aliphatic hydroxyl groups excluding tert-OH is 1. The van der Waals surface area contributed by atoms with Crippen LogP contribution in [0.15, 0.2) is 77.1 Å². The van der Waals surface area contributed by atoms with Crippen molar-refractivity contribution < 1.29 is 19.1 Å². The average molecular weight is 403 g/mol. The maximum atomic E-state index is 13.0. The van der Waals surface area contributed by atoms with E-state index >= 15 is 0 Å². The molecular formula is C25H25NO4. The van der Waals surface area contributed by atoms with E-state index < -0.39 is 11.9 Å². The van der Waals surface area contributed by atoms with E-state index in [1.54, 1.807) is 24.3 Å². The summed E-state index contributed by atoms with van der Waals surface area (Å²) in [6.07, 6.45) is 1.58. The molecule has 3 aromatic rings. The predicted octanol–water partition coefficient (Wildman–Crippen LogP) is 5.46. The number of carbonyl (C=O) groups excluding carboxylic acids is 1. The highest BCUT2D eigenvalue weighted by atomic mass is 16.5. The Morgan fingerprint density at radius 1 is 1.07 bits per heavy atom. The Kier molecular flexibility index (Phi) is 5.36. The summed E-state index contributed by atoms with van der Waals surface area (Å²) in [6, 6.07) is 18.8. The van der Waals surface area contributed by atoms with E-state index in [1.165, 1.54) is 5.56 Å². The van der Waals surface area contributed by atoms with Gasteiger partial charge in [0, 0.05) is 5.57 Å². The molecule has 0 unspecified atom stereocenters. The average Bonchev–Trinajstić information content (AvgIpc) is 3.36. The SMILES string of the molecule is COc1ccc(C2=C(O)C(=O)N(Cc3ccco3)[C@H]2c2ccc(C(C)C)cc2)cc1. The van der Waals surface area contributed by atoms with Gasteiger partial charge in [0.15, 0.2) is 5.76 Å². The maximum Gasteiger partial charge on any atom is 0.290 e. The zero-order valence-electron chi connectivity index (χ0n) is 17.3. The zero-order chi connectivity index (χ0) is 21.3. The predicted molar refractivity (Wildman–Crippen MR) is 115 cm³/mol. The summed E-state index contributed by atoms with van der Waals surface area (Å²) < 4.78 is 10.7. The summed E-state index contributed by atoms with van der Waals surface area (Å²) in [7, 11) is 1.61. The second-order valence-electron chi connectivity index (χ2n) is 7.73. The minimum absolute atomic E-state index is 0.232. The standard InChI is InChI=1S/C25H25NO4/c1-16(2)17-6-8-19(9-7-17)23-22(18-10-12-20(29-3)13-11-18)24(27)25(28)26(23)15-21-5-4-14-30-21/h4-14,16,23,27H,15H2,1-3H3/t23-/m0/s1. The first-order valence-corrected chi connectivity index (χ1v) is 10.0. The van der Waals surface area contributed by atoms with Crippen molar-refractivity contribution in [1.29, 1.82) is 0 Å². The number of methoxy groups -OCH3 is 1. The van der Waals surface area contributed by atoms with Crippen LogP contribution < -0.4 is 4.74 Å². The van der Waals surface area contributed by atoms with Gasteiger partial charge in [-0.15, -0.1) is 0 Å². The summed E-state index contributed by atoms with van der Waals surface area (Å²) in [5.74, 6) is 1.15. The molecule has 0 bridgehead atoms. The third-order valence-electron chi connectivity index (χ3n) is 5.53. The zero-order valence-corrected chi connectivity index (χ0v) is 17.3. The van der Waals surface area contributed by atoms with Gasteiger partial charge >= 0.3 is 0 Å². The number of ether oxygens (including phenoxy) is 1. The lowest BCUT2D eigenvalue weighted by Gasteiger charge is -2.27. The van der Waals surface area contributed by atoms with Gasteiger partial charge in [-0.3, -0.25) is 4.79 Å². The highest BCUT2D eigenvalue weighted by Gasteiger charge is 2.41. The minimum Gasteiger partial charge on any atom is -0.503 e. The van der Waals surface area contributed by atoms with Gasteiger partial charge in [0.2, 0.25) is 0 Å². The third kappa shape index (κ3) is 3.59. The van der Waals surface area contributed by atoms with Gasteiger partial charge in [-0.05, 0) is 46.9 Å². The van der Waals surface area contributed by atoms with Gasteiger partial charge in [0.05, 0.1) is 26.0 Å². The number of benzene rings is 2. The van der Waals surface area contributed by atoms with Crippen LogP contribution in [0.3, 0.4) is 0 Å². The molecule has 30 heavy (non-hydrogen) atoms. The van der Waals surface area contributed by atoms with E-state index in [2.05, 4.69) is 26.0 Å². The molecule has 1 aromatic heterocycles. The molecule has 0 aliphatic carbocycles. The van der Waals surface area contributed by atoms with Gasteiger partial charge < -0.3 is 19.2 Å². The van der Waals surface area contributed by atoms with Crippen LogP contribution in [0.25, 0.3) is 5.57 Å². The smallest absolute Gasteiger partial charge is 0.290 e. The molecule has 0 radical (unpaired) electrons. The van der Waals surface area contributed by atoms with Gasteiger partial charge in [-0.2, -0.15) is 0 Å². The fourth-order valence-electron chi connectivity index (χ4n) is 3.86. The molecule has 2 heterocycles. The lowest BCUT2D eigenvalue weighted by molar-refractivity contribution is -0.130. The van der Waals surface area contributed by atoms with Crippen molar-refractivity contribution >= 4 is 11.5 Å². The Morgan fingerprint density at radius 2 is 1.77 bits per heavy atom. The highest BCUT2D eigenvalue weighted by Crippen LogP contribution is 2.44. The molecule has 154 valence electrons. The van der Waals surface area contributed by atoms with Crippen molar-refractivity contribution in [2.75, 3.05) is 7.11 Å². The fraction of sp³-hybridized carbons (Fsp3) is 0.240. The largest absolute Gasteiger partial charge is 0.503 e. The van der Waals surface area contributed by atoms with Crippen LogP contribution in [0.4, 0.5) is 0 Å². The molecule has 1 amide bonds. The van der Waals surface area contributed by atoms with Crippen molar-refractivity contribution in [3.8, 4) is 5.75 Å². The Balaban J connectivity index is 1.79. The van der Waals surface area contributed by atoms with E-state index in [1.807, 2.05) is 42.5 Å². The van der Waals surface area contributed by atoms with Crippen LogP contribution in [0.5, 0.6) is 5.75 Å². The van der Waals surface area contributed by atoms with Crippen LogP contribution in [0, 0.1) is 0 Å². The van der Waals surface area contributed by atoms with E-state index in [0.29, 0.717) is 23.0 Å². The molecule has 5 nitrogen and oxygen atoms in total. The van der Waals surface area contributed by atoms with Crippen LogP contribution in [-0.2, 0) is 11.3 Å². The molecule has 4 rings (SSSR count). The molecule has 0 spiro atoms. The van der Waals surface area contributed by atoms with Crippen molar-refractivity contribution in [3.05, 3.63) is 95.1 Å². The Bertz CT molecular complexity index is 1050. The topological polar surface area (TPSA) is 62.9 Å². The maximum absolute atomic E-state index is 13.0. The quantitative estimate of drug-likeness (QED) is 0.593. The molecule has 1 N–H and O–H groups in total. The first kappa shape index (κ1) is 19.8. The van der Waals surface area contributed by atoms with E-state index in [9.17, 15) is 9.90 Å². The van der Waals surface area contributed by atoms with Crippen LogP contribution >= 0.6 is 0 Å². The third-order valence-corrected chi connectivity index (χ3v) is 5.53. The number of carbonyl (C=O) groups is 1. The van der Waals surface area contributed by atoms with Gasteiger partial charge in [-0.1, -0.05) is 50.2 Å².